The maximum Gasteiger partial charge on any atom is 0.225 e. The molecule has 0 aliphatic rings. The Morgan fingerprint density at radius 3 is 2.84 bits per heavy atom. The van der Waals surface area contributed by atoms with Crippen molar-refractivity contribution in [3.05, 3.63) is 41.1 Å². The lowest BCUT2D eigenvalue weighted by Crippen LogP contribution is -2.12. The maximum absolute atomic E-state index is 4.57. The SMILES string of the molecule is CN(C)c1nccc(-c2c[nH]c3ccc(Br)cc23)n1. The number of hydrogen-bond acceptors (Lipinski definition) is 3. The summed E-state index contributed by atoms with van der Waals surface area (Å²) in [6.45, 7) is 0. The molecule has 0 amide bonds. The minimum atomic E-state index is 0.710. The fraction of sp³-hybridized carbons (Fsp3) is 0.143. The predicted molar refractivity (Wildman–Crippen MR) is 81.4 cm³/mol. The number of benzene rings is 1. The molecule has 96 valence electrons. The first kappa shape index (κ1) is 12.2. The standard InChI is InChI=1S/C14H13BrN4/c1-19(2)14-16-6-5-13(18-14)11-8-17-12-4-3-9(15)7-10(11)12/h3-8,17H,1-2H3. The second-order valence-corrected chi connectivity index (χ2v) is 5.44. The number of anilines is 1. The summed E-state index contributed by atoms with van der Waals surface area (Å²) in [6, 6.07) is 8.10. The van der Waals surface area contributed by atoms with Gasteiger partial charge in [-0.2, -0.15) is 0 Å². The zero-order valence-corrected chi connectivity index (χ0v) is 12.3. The molecule has 5 heteroatoms. The third-order valence-electron chi connectivity index (χ3n) is 2.96. The highest BCUT2D eigenvalue weighted by atomic mass is 79.9. The Kier molecular flexibility index (Phi) is 2.98. The number of H-pyrrole nitrogens is 1. The number of fused-ring (bicyclic) bond motifs is 1. The highest BCUT2D eigenvalue weighted by Crippen LogP contribution is 2.29. The minimum Gasteiger partial charge on any atom is -0.360 e. The lowest BCUT2D eigenvalue weighted by molar-refractivity contribution is 1.00. The number of aromatic amines is 1. The first-order chi connectivity index (χ1) is 9.15. The number of nitrogens with zero attached hydrogens (tertiary/aromatic N) is 3. The summed E-state index contributed by atoms with van der Waals surface area (Å²) < 4.78 is 1.06. The van der Waals surface area contributed by atoms with Crippen LogP contribution in [-0.4, -0.2) is 29.0 Å². The molecule has 0 fully saturated rings. The van der Waals surface area contributed by atoms with Crippen LogP contribution in [0.3, 0.4) is 0 Å². The van der Waals surface area contributed by atoms with E-state index >= 15 is 0 Å². The first-order valence-corrected chi connectivity index (χ1v) is 6.72. The molecule has 19 heavy (non-hydrogen) atoms. The zero-order chi connectivity index (χ0) is 13.4. The van der Waals surface area contributed by atoms with Crippen molar-refractivity contribution in [2.45, 2.75) is 0 Å². The van der Waals surface area contributed by atoms with Crippen LogP contribution in [0.4, 0.5) is 5.95 Å². The van der Waals surface area contributed by atoms with Crippen molar-refractivity contribution < 1.29 is 0 Å². The van der Waals surface area contributed by atoms with E-state index in [2.05, 4.69) is 43.0 Å². The molecule has 3 rings (SSSR count). The second-order valence-electron chi connectivity index (χ2n) is 4.53. The third kappa shape index (κ3) is 2.21. The molecule has 1 N–H and O–H groups in total. The molecule has 0 atom stereocenters. The molecule has 0 unspecified atom stereocenters. The zero-order valence-electron chi connectivity index (χ0n) is 10.7. The minimum absolute atomic E-state index is 0.710. The summed E-state index contributed by atoms with van der Waals surface area (Å²) in [5.41, 5.74) is 3.10. The molecule has 1 aromatic carbocycles. The van der Waals surface area contributed by atoms with Gasteiger partial charge in [-0.25, -0.2) is 9.97 Å². The first-order valence-electron chi connectivity index (χ1n) is 5.92. The Morgan fingerprint density at radius 1 is 1.21 bits per heavy atom. The van der Waals surface area contributed by atoms with Crippen LogP contribution in [0.1, 0.15) is 0 Å². The fourth-order valence-corrected chi connectivity index (χ4v) is 2.38. The summed E-state index contributed by atoms with van der Waals surface area (Å²) in [4.78, 5) is 14.0. The van der Waals surface area contributed by atoms with Crippen LogP contribution in [0.25, 0.3) is 22.2 Å². The Bertz CT molecular complexity index is 733. The molecule has 3 aromatic rings. The number of nitrogens with one attached hydrogen (secondary N) is 1. The molecule has 0 saturated carbocycles. The van der Waals surface area contributed by atoms with Crippen LogP contribution in [-0.2, 0) is 0 Å². The molecule has 0 aliphatic carbocycles. The number of rotatable bonds is 2. The van der Waals surface area contributed by atoms with E-state index in [0.29, 0.717) is 5.95 Å². The van der Waals surface area contributed by atoms with Gasteiger partial charge >= 0.3 is 0 Å². The van der Waals surface area contributed by atoms with Crippen LogP contribution >= 0.6 is 15.9 Å². The van der Waals surface area contributed by atoms with E-state index in [9.17, 15) is 0 Å². The predicted octanol–water partition coefficient (Wildman–Crippen LogP) is 3.45. The molecule has 2 aromatic heterocycles. The number of aromatic nitrogens is 3. The van der Waals surface area contributed by atoms with E-state index in [4.69, 9.17) is 0 Å². The summed E-state index contributed by atoms with van der Waals surface area (Å²) in [5.74, 6) is 0.710. The number of halogens is 1. The Balaban J connectivity index is 2.18. The lowest BCUT2D eigenvalue weighted by Gasteiger charge is -2.10. The van der Waals surface area contributed by atoms with Crippen LogP contribution in [0.2, 0.25) is 0 Å². The van der Waals surface area contributed by atoms with Gasteiger partial charge in [0.1, 0.15) is 0 Å². The Morgan fingerprint density at radius 2 is 2.05 bits per heavy atom. The topological polar surface area (TPSA) is 44.8 Å². The van der Waals surface area contributed by atoms with E-state index in [1.165, 1.54) is 0 Å². The Hall–Kier alpha value is -1.88. The van der Waals surface area contributed by atoms with Crippen LogP contribution < -0.4 is 4.90 Å². The van der Waals surface area contributed by atoms with Crippen LogP contribution in [0.5, 0.6) is 0 Å². The van der Waals surface area contributed by atoms with Gasteiger partial charge in [0, 0.05) is 47.4 Å². The molecule has 0 spiro atoms. The molecule has 0 radical (unpaired) electrons. The van der Waals surface area contributed by atoms with Gasteiger partial charge in [0.05, 0.1) is 5.69 Å². The van der Waals surface area contributed by atoms with Crippen LogP contribution in [0, 0.1) is 0 Å². The fourth-order valence-electron chi connectivity index (χ4n) is 2.02. The summed E-state index contributed by atoms with van der Waals surface area (Å²) in [7, 11) is 3.87. The van der Waals surface area contributed by atoms with E-state index in [1.807, 2.05) is 37.3 Å². The normalized spacial score (nSPS) is 10.9. The average molecular weight is 317 g/mol. The molecule has 0 saturated heterocycles. The van der Waals surface area contributed by atoms with Gasteiger partial charge in [-0.1, -0.05) is 15.9 Å². The van der Waals surface area contributed by atoms with Crippen molar-refractivity contribution in [1.29, 1.82) is 0 Å². The largest absolute Gasteiger partial charge is 0.360 e. The second kappa shape index (κ2) is 4.66. The van der Waals surface area contributed by atoms with Gasteiger partial charge in [0.15, 0.2) is 0 Å². The van der Waals surface area contributed by atoms with Gasteiger partial charge in [-0.15, -0.1) is 0 Å². The smallest absolute Gasteiger partial charge is 0.225 e. The summed E-state index contributed by atoms with van der Waals surface area (Å²) >= 11 is 3.51. The highest BCUT2D eigenvalue weighted by molar-refractivity contribution is 9.10. The summed E-state index contributed by atoms with van der Waals surface area (Å²) in [5, 5.41) is 1.15. The van der Waals surface area contributed by atoms with Crippen molar-refractivity contribution in [3.63, 3.8) is 0 Å². The van der Waals surface area contributed by atoms with Crippen molar-refractivity contribution in [1.82, 2.24) is 15.0 Å². The quantitative estimate of drug-likeness (QED) is 0.787. The molecule has 0 bridgehead atoms. The van der Waals surface area contributed by atoms with Gasteiger partial charge in [0.2, 0.25) is 5.95 Å². The molecular weight excluding hydrogens is 304 g/mol. The van der Waals surface area contributed by atoms with Crippen LogP contribution in [0.15, 0.2) is 41.1 Å². The molecule has 4 nitrogen and oxygen atoms in total. The molecular formula is C14H13BrN4. The lowest BCUT2D eigenvalue weighted by atomic mass is 10.1. The van der Waals surface area contributed by atoms with E-state index in [1.54, 1.807) is 6.20 Å². The summed E-state index contributed by atoms with van der Waals surface area (Å²) in [6.07, 6.45) is 3.77. The van der Waals surface area contributed by atoms with E-state index < -0.39 is 0 Å². The van der Waals surface area contributed by atoms with Crippen molar-refractivity contribution in [2.75, 3.05) is 19.0 Å². The maximum atomic E-state index is 4.57. The van der Waals surface area contributed by atoms with E-state index in [-0.39, 0.29) is 0 Å². The van der Waals surface area contributed by atoms with Gasteiger partial charge in [-0.05, 0) is 24.3 Å². The van der Waals surface area contributed by atoms with Crippen molar-refractivity contribution >= 4 is 32.8 Å². The average Bonchev–Trinajstić information content (AvgIpc) is 2.81. The van der Waals surface area contributed by atoms with Gasteiger partial charge in [0.25, 0.3) is 0 Å². The van der Waals surface area contributed by atoms with Crippen molar-refractivity contribution in [3.8, 4) is 11.3 Å². The number of hydrogen-bond donors (Lipinski definition) is 1. The molecule has 2 heterocycles. The van der Waals surface area contributed by atoms with E-state index in [0.717, 1.165) is 26.6 Å². The highest BCUT2D eigenvalue weighted by Gasteiger charge is 2.09. The van der Waals surface area contributed by atoms with Gasteiger partial charge in [-0.3, -0.25) is 0 Å². The Labute approximate surface area is 119 Å². The monoisotopic (exact) mass is 316 g/mol. The van der Waals surface area contributed by atoms with Gasteiger partial charge < -0.3 is 9.88 Å². The van der Waals surface area contributed by atoms with Crippen molar-refractivity contribution in [2.24, 2.45) is 0 Å². The third-order valence-corrected chi connectivity index (χ3v) is 3.46. The molecule has 0 aliphatic heterocycles.